The standard InChI is InChI=1S/C11H14BrClN2O3S/c1-7-6-15(2-3-18-7)19(16,17)10-5-8(13)4-9(14)11(10)12/h4-5,7H,2-3,6,14H2,1H3. The molecule has 2 N–H and O–H groups in total. The second-order valence-corrected chi connectivity index (χ2v) is 7.49. The highest BCUT2D eigenvalue weighted by atomic mass is 79.9. The van der Waals surface area contributed by atoms with Crippen LogP contribution in [-0.4, -0.2) is 38.5 Å². The number of halogens is 2. The highest BCUT2D eigenvalue weighted by Gasteiger charge is 2.31. The van der Waals surface area contributed by atoms with Crippen molar-refractivity contribution >= 4 is 43.2 Å². The maximum Gasteiger partial charge on any atom is 0.244 e. The van der Waals surface area contributed by atoms with Crippen molar-refractivity contribution in [2.45, 2.75) is 17.9 Å². The Bertz CT molecular complexity index is 594. The first-order valence-corrected chi connectivity index (χ1v) is 8.29. The zero-order chi connectivity index (χ0) is 14.2. The van der Waals surface area contributed by atoms with Gasteiger partial charge in [-0.15, -0.1) is 0 Å². The minimum Gasteiger partial charge on any atom is -0.398 e. The summed E-state index contributed by atoms with van der Waals surface area (Å²) in [5.74, 6) is 0. The van der Waals surface area contributed by atoms with Gasteiger partial charge in [0, 0.05) is 23.8 Å². The number of morpholine rings is 1. The average molecular weight is 370 g/mol. The van der Waals surface area contributed by atoms with Gasteiger partial charge in [0.05, 0.1) is 22.1 Å². The van der Waals surface area contributed by atoms with Crippen LogP contribution in [0.25, 0.3) is 0 Å². The SMILES string of the molecule is CC1CN(S(=O)(=O)c2cc(Cl)cc(N)c2Br)CCO1. The van der Waals surface area contributed by atoms with Crippen LogP contribution in [0.2, 0.25) is 5.02 Å². The Morgan fingerprint density at radius 3 is 2.84 bits per heavy atom. The van der Waals surface area contributed by atoms with Crippen molar-refractivity contribution in [2.24, 2.45) is 0 Å². The van der Waals surface area contributed by atoms with Crippen molar-refractivity contribution in [3.8, 4) is 0 Å². The monoisotopic (exact) mass is 368 g/mol. The lowest BCUT2D eigenvalue weighted by atomic mass is 10.3. The van der Waals surface area contributed by atoms with E-state index in [1.165, 1.54) is 16.4 Å². The number of nitrogens with zero attached hydrogens (tertiary/aromatic N) is 1. The summed E-state index contributed by atoms with van der Waals surface area (Å²) in [5, 5.41) is 0.292. The molecule has 1 fully saturated rings. The third-order valence-electron chi connectivity index (χ3n) is 2.85. The molecule has 8 heteroatoms. The molecule has 1 aromatic rings. The molecule has 106 valence electrons. The van der Waals surface area contributed by atoms with Crippen molar-refractivity contribution in [1.82, 2.24) is 4.31 Å². The van der Waals surface area contributed by atoms with Crippen LogP contribution >= 0.6 is 27.5 Å². The number of hydrogen-bond acceptors (Lipinski definition) is 4. The van der Waals surface area contributed by atoms with Gasteiger partial charge in [-0.2, -0.15) is 4.31 Å². The summed E-state index contributed by atoms with van der Waals surface area (Å²) in [6.07, 6.45) is -0.126. The molecule has 0 spiro atoms. The van der Waals surface area contributed by atoms with E-state index in [4.69, 9.17) is 22.1 Å². The molecule has 0 aromatic heterocycles. The first-order chi connectivity index (χ1) is 8.82. The van der Waals surface area contributed by atoms with E-state index < -0.39 is 10.0 Å². The number of benzene rings is 1. The van der Waals surface area contributed by atoms with Crippen LogP contribution in [0.5, 0.6) is 0 Å². The fraction of sp³-hybridized carbons (Fsp3) is 0.455. The molecule has 0 amide bonds. The molecule has 0 aliphatic carbocycles. The fourth-order valence-electron chi connectivity index (χ4n) is 1.92. The summed E-state index contributed by atoms with van der Waals surface area (Å²) in [4.78, 5) is 0.0894. The van der Waals surface area contributed by atoms with Crippen LogP contribution < -0.4 is 5.73 Å². The fourth-order valence-corrected chi connectivity index (χ4v) is 4.67. The number of nitrogens with two attached hydrogens (primary N) is 1. The number of ether oxygens (including phenoxy) is 1. The van der Waals surface area contributed by atoms with Crippen LogP contribution in [-0.2, 0) is 14.8 Å². The Labute approximate surface area is 125 Å². The van der Waals surface area contributed by atoms with Gasteiger partial charge in [-0.1, -0.05) is 11.6 Å². The zero-order valence-electron chi connectivity index (χ0n) is 10.3. The quantitative estimate of drug-likeness (QED) is 0.810. The van der Waals surface area contributed by atoms with Crippen LogP contribution in [0.3, 0.4) is 0 Å². The van der Waals surface area contributed by atoms with E-state index in [1.807, 2.05) is 6.92 Å². The number of anilines is 1. The third kappa shape index (κ3) is 3.05. The summed E-state index contributed by atoms with van der Waals surface area (Å²) < 4.78 is 32.2. The van der Waals surface area contributed by atoms with E-state index >= 15 is 0 Å². The van der Waals surface area contributed by atoms with Gasteiger partial charge < -0.3 is 10.5 Å². The van der Waals surface area contributed by atoms with Crippen LogP contribution in [0.1, 0.15) is 6.92 Å². The van der Waals surface area contributed by atoms with Crippen LogP contribution in [0, 0.1) is 0 Å². The zero-order valence-corrected chi connectivity index (χ0v) is 13.4. The van der Waals surface area contributed by atoms with E-state index in [1.54, 1.807) is 0 Å². The van der Waals surface area contributed by atoms with Crippen LogP contribution in [0.4, 0.5) is 5.69 Å². The van der Waals surface area contributed by atoms with Gasteiger partial charge in [-0.3, -0.25) is 0 Å². The minimum atomic E-state index is -3.63. The molecule has 2 rings (SSSR count). The third-order valence-corrected chi connectivity index (χ3v) is 6.11. The Morgan fingerprint density at radius 2 is 2.21 bits per heavy atom. The lowest BCUT2D eigenvalue weighted by Gasteiger charge is -2.30. The minimum absolute atomic E-state index is 0.0894. The van der Waals surface area contributed by atoms with Crippen LogP contribution in [0.15, 0.2) is 21.5 Å². The highest BCUT2D eigenvalue weighted by Crippen LogP contribution is 2.33. The van der Waals surface area contributed by atoms with Crippen molar-refractivity contribution in [3.05, 3.63) is 21.6 Å². The predicted molar refractivity (Wildman–Crippen MR) is 77.7 cm³/mol. The average Bonchev–Trinajstić information content (AvgIpc) is 2.33. The molecule has 19 heavy (non-hydrogen) atoms. The van der Waals surface area contributed by atoms with E-state index in [9.17, 15) is 8.42 Å². The number of rotatable bonds is 2. The summed E-state index contributed by atoms with van der Waals surface area (Å²) in [6, 6.07) is 2.91. The maximum atomic E-state index is 12.6. The first kappa shape index (κ1) is 15.1. The Balaban J connectivity index is 2.45. The second kappa shape index (κ2) is 5.57. The largest absolute Gasteiger partial charge is 0.398 e. The summed E-state index contributed by atoms with van der Waals surface area (Å²) in [6.45, 7) is 2.86. The van der Waals surface area contributed by atoms with E-state index in [0.29, 0.717) is 34.9 Å². The Kier molecular flexibility index (Phi) is 4.42. The van der Waals surface area contributed by atoms with Gasteiger partial charge in [0.25, 0.3) is 0 Å². The number of nitrogen functional groups attached to an aromatic ring is 1. The highest BCUT2D eigenvalue weighted by molar-refractivity contribution is 9.10. The molecule has 1 unspecified atom stereocenters. The summed E-state index contributed by atoms with van der Waals surface area (Å²) in [7, 11) is -3.63. The van der Waals surface area contributed by atoms with Crippen molar-refractivity contribution < 1.29 is 13.2 Å². The molecular weight excluding hydrogens is 356 g/mol. The topological polar surface area (TPSA) is 72.6 Å². The molecule has 1 aromatic carbocycles. The number of hydrogen-bond donors (Lipinski definition) is 1. The van der Waals surface area contributed by atoms with Gasteiger partial charge in [-0.05, 0) is 35.0 Å². The molecule has 1 aliphatic rings. The molecule has 0 radical (unpaired) electrons. The Hall–Kier alpha value is -0.340. The molecule has 1 aliphatic heterocycles. The Morgan fingerprint density at radius 1 is 1.53 bits per heavy atom. The lowest BCUT2D eigenvalue weighted by molar-refractivity contribution is 0.0102. The molecule has 0 saturated carbocycles. The smallest absolute Gasteiger partial charge is 0.244 e. The van der Waals surface area contributed by atoms with Gasteiger partial charge in [0.2, 0.25) is 10.0 Å². The normalized spacial score (nSPS) is 21.5. The molecule has 1 saturated heterocycles. The summed E-state index contributed by atoms with van der Waals surface area (Å²) >= 11 is 9.10. The van der Waals surface area contributed by atoms with E-state index in [-0.39, 0.29) is 11.0 Å². The van der Waals surface area contributed by atoms with Gasteiger partial charge in [0.1, 0.15) is 0 Å². The summed E-state index contributed by atoms with van der Waals surface area (Å²) in [5.41, 5.74) is 6.03. The van der Waals surface area contributed by atoms with Crippen molar-refractivity contribution in [1.29, 1.82) is 0 Å². The molecular formula is C11H14BrClN2O3S. The molecule has 1 heterocycles. The van der Waals surface area contributed by atoms with Crippen molar-refractivity contribution in [3.63, 3.8) is 0 Å². The first-order valence-electron chi connectivity index (χ1n) is 5.68. The molecule has 5 nitrogen and oxygen atoms in total. The van der Waals surface area contributed by atoms with E-state index in [0.717, 1.165) is 0 Å². The lowest BCUT2D eigenvalue weighted by Crippen LogP contribution is -2.44. The second-order valence-electron chi connectivity index (χ2n) is 4.35. The molecule has 0 bridgehead atoms. The van der Waals surface area contributed by atoms with Gasteiger partial charge >= 0.3 is 0 Å². The van der Waals surface area contributed by atoms with Crippen molar-refractivity contribution in [2.75, 3.05) is 25.4 Å². The maximum absolute atomic E-state index is 12.6. The molecule has 1 atom stereocenters. The van der Waals surface area contributed by atoms with Gasteiger partial charge in [-0.25, -0.2) is 8.42 Å². The van der Waals surface area contributed by atoms with Gasteiger partial charge in [0.15, 0.2) is 0 Å². The predicted octanol–water partition coefficient (Wildman–Crippen LogP) is 2.09. The van der Waals surface area contributed by atoms with E-state index in [2.05, 4.69) is 15.9 Å². The number of sulfonamides is 1.